The van der Waals surface area contributed by atoms with Gasteiger partial charge in [-0.3, -0.25) is 4.79 Å². The molecule has 1 unspecified atom stereocenters. The summed E-state index contributed by atoms with van der Waals surface area (Å²) < 4.78 is 11.8. The van der Waals surface area contributed by atoms with Crippen LogP contribution in [0.3, 0.4) is 0 Å². The summed E-state index contributed by atoms with van der Waals surface area (Å²) in [5.41, 5.74) is 6.09. The maximum Gasteiger partial charge on any atom is 0.256 e. The van der Waals surface area contributed by atoms with Crippen LogP contribution < -0.4 is 9.64 Å². The molecule has 1 fully saturated rings. The van der Waals surface area contributed by atoms with Crippen molar-refractivity contribution in [2.24, 2.45) is 0 Å². The number of pyridine rings is 1. The zero-order chi connectivity index (χ0) is 22.4. The predicted molar refractivity (Wildman–Crippen MR) is 121 cm³/mol. The van der Waals surface area contributed by atoms with Gasteiger partial charge in [0.25, 0.3) is 5.91 Å². The lowest BCUT2D eigenvalue weighted by Crippen LogP contribution is -2.39. The van der Waals surface area contributed by atoms with Crippen molar-refractivity contribution in [2.45, 2.75) is 65.5 Å². The van der Waals surface area contributed by atoms with Gasteiger partial charge >= 0.3 is 0 Å². The van der Waals surface area contributed by atoms with Crippen molar-refractivity contribution >= 4 is 11.7 Å². The van der Waals surface area contributed by atoms with Gasteiger partial charge in [0.1, 0.15) is 17.7 Å². The molecule has 0 radical (unpaired) electrons. The molecule has 0 saturated carbocycles. The predicted octanol–water partition coefficient (Wildman–Crippen LogP) is 3.11. The Morgan fingerprint density at radius 2 is 1.94 bits per heavy atom. The van der Waals surface area contributed by atoms with E-state index in [1.54, 1.807) is 4.90 Å². The highest BCUT2D eigenvalue weighted by Gasteiger charge is 2.35. The number of amides is 1. The van der Waals surface area contributed by atoms with Crippen LogP contribution in [0.25, 0.3) is 0 Å². The van der Waals surface area contributed by atoms with Gasteiger partial charge in [0.05, 0.1) is 43.7 Å². The van der Waals surface area contributed by atoms with Crippen molar-refractivity contribution in [2.75, 3.05) is 24.6 Å². The summed E-state index contributed by atoms with van der Waals surface area (Å²) in [5, 5.41) is 9.51. The normalized spacial score (nSPS) is 19.3. The van der Waals surface area contributed by atoms with Crippen LogP contribution in [0.1, 0.15) is 58.1 Å². The zero-order valence-corrected chi connectivity index (χ0v) is 19.1. The second kappa shape index (κ2) is 8.37. The van der Waals surface area contributed by atoms with Crippen molar-refractivity contribution in [1.29, 1.82) is 0 Å². The lowest BCUT2D eigenvalue weighted by atomic mass is 10.0. The molecule has 1 amide bonds. The summed E-state index contributed by atoms with van der Waals surface area (Å²) in [6.45, 7) is 9.46. The van der Waals surface area contributed by atoms with Gasteiger partial charge in [0.2, 0.25) is 0 Å². The third kappa shape index (κ3) is 3.63. The quantitative estimate of drug-likeness (QED) is 0.775. The molecule has 4 heterocycles. The van der Waals surface area contributed by atoms with Crippen LogP contribution in [0, 0.1) is 13.8 Å². The monoisotopic (exact) mass is 437 g/mol. The molecule has 1 N–H and O–H groups in total. The summed E-state index contributed by atoms with van der Waals surface area (Å²) in [6, 6.07) is 6.06. The number of carbonyl (C=O) groups excluding carboxylic acids is 1. The number of aromatic nitrogens is 1. The highest BCUT2D eigenvalue weighted by molar-refractivity contribution is 6.00. The molecule has 3 aliphatic heterocycles. The first-order valence-corrected chi connectivity index (χ1v) is 11.5. The minimum absolute atomic E-state index is 0.0203. The van der Waals surface area contributed by atoms with Gasteiger partial charge in [0.15, 0.2) is 0 Å². The Labute approximate surface area is 189 Å². The molecule has 1 aromatic heterocycles. The average Bonchev–Trinajstić information content (AvgIpc) is 3.40. The molecule has 1 saturated heterocycles. The van der Waals surface area contributed by atoms with E-state index in [1.807, 2.05) is 19.9 Å². The van der Waals surface area contributed by atoms with E-state index in [2.05, 4.69) is 24.0 Å². The lowest BCUT2D eigenvalue weighted by Gasteiger charge is -2.34. The molecule has 0 aliphatic carbocycles. The number of anilines is 1. The Balaban J connectivity index is 1.28. The molecular formula is C25H31N3O4. The number of aliphatic hydroxyl groups excluding tert-OH is 1. The fourth-order valence-corrected chi connectivity index (χ4v) is 4.98. The Bertz CT molecular complexity index is 1050. The summed E-state index contributed by atoms with van der Waals surface area (Å²) in [4.78, 5) is 21.9. The van der Waals surface area contributed by atoms with E-state index >= 15 is 0 Å². The number of hydrogen-bond donors (Lipinski definition) is 1. The van der Waals surface area contributed by atoms with Crippen LogP contribution in [0.2, 0.25) is 0 Å². The zero-order valence-electron chi connectivity index (χ0n) is 19.1. The number of carbonyl (C=O) groups is 1. The molecule has 170 valence electrons. The van der Waals surface area contributed by atoms with E-state index in [9.17, 15) is 9.90 Å². The molecule has 5 rings (SSSR count). The molecule has 3 aliphatic rings. The van der Waals surface area contributed by atoms with E-state index in [0.29, 0.717) is 25.3 Å². The SMILES string of the molecule is Cc1c(N2CCC(Oc3ccc4c(c3)COC4)CC2)nc2c(c1C)C(=O)N(C(C)CO)C2. The fourth-order valence-electron chi connectivity index (χ4n) is 4.98. The molecular weight excluding hydrogens is 406 g/mol. The maximum atomic E-state index is 12.9. The van der Waals surface area contributed by atoms with Gasteiger partial charge in [-0.1, -0.05) is 6.07 Å². The third-order valence-electron chi connectivity index (χ3n) is 7.13. The number of nitrogens with zero attached hydrogens (tertiary/aromatic N) is 3. The molecule has 1 aromatic carbocycles. The van der Waals surface area contributed by atoms with Crippen LogP contribution in [-0.2, 0) is 24.5 Å². The number of hydrogen-bond acceptors (Lipinski definition) is 6. The Kier molecular flexibility index (Phi) is 5.55. The molecule has 0 bridgehead atoms. The van der Waals surface area contributed by atoms with Crippen LogP contribution in [-0.4, -0.2) is 52.7 Å². The van der Waals surface area contributed by atoms with E-state index < -0.39 is 0 Å². The number of ether oxygens (including phenoxy) is 2. The fraction of sp³-hybridized carbons (Fsp3) is 0.520. The molecule has 0 spiro atoms. The van der Waals surface area contributed by atoms with Crippen molar-refractivity contribution in [3.63, 3.8) is 0 Å². The van der Waals surface area contributed by atoms with Gasteiger partial charge in [-0.15, -0.1) is 0 Å². The topological polar surface area (TPSA) is 75.1 Å². The second-order valence-electron chi connectivity index (χ2n) is 9.20. The van der Waals surface area contributed by atoms with Gasteiger partial charge < -0.3 is 24.4 Å². The summed E-state index contributed by atoms with van der Waals surface area (Å²) in [7, 11) is 0. The number of rotatable bonds is 5. The largest absolute Gasteiger partial charge is 0.490 e. The lowest BCUT2D eigenvalue weighted by molar-refractivity contribution is 0.0642. The minimum Gasteiger partial charge on any atom is -0.490 e. The number of fused-ring (bicyclic) bond motifs is 2. The first kappa shape index (κ1) is 21.2. The van der Waals surface area contributed by atoms with Crippen LogP contribution in [0.5, 0.6) is 5.75 Å². The Morgan fingerprint density at radius 1 is 1.19 bits per heavy atom. The molecule has 32 heavy (non-hydrogen) atoms. The third-order valence-corrected chi connectivity index (χ3v) is 7.13. The van der Waals surface area contributed by atoms with E-state index in [-0.39, 0.29) is 24.7 Å². The van der Waals surface area contributed by atoms with Gasteiger partial charge in [-0.25, -0.2) is 4.98 Å². The Hall–Kier alpha value is -2.64. The van der Waals surface area contributed by atoms with E-state index in [4.69, 9.17) is 14.5 Å². The molecule has 1 atom stereocenters. The van der Waals surface area contributed by atoms with Gasteiger partial charge in [0, 0.05) is 25.9 Å². The highest BCUT2D eigenvalue weighted by Crippen LogP contribution is 2.34. The average molecular weight is 438 g/mol. The first-order valence-electron chi connectivity index (χ1n) is 11.5. The highest BCUT2D eigenvalue weighted by atomic mass is 16.5. The molecule has 7 heteroatoms. The smallest absolute Gasteiger partial charge is 0.256 e. The second-order valence-corrected chi connectivity index (χ2v) is 9.20. The standard InChI is InChI=1S/C25H31N3O4/c1-15(12-29)28-11-22-23(25(28)30)16(2)17(3)24(26-22)27-8-6-20(7-9-27)32-21-5-4-18-13-31-14-19(18)10-21/h4-5,10,15,20,29H,6-9,11-14H2,1-3H3. The Morgan fingerprint density at radius 3 is 2.69 bits per heavy atom. The van der Waals surface area contributed by atoms with E-state index in [0.717, 1.165) is 54.3 Å². The number of piperidine rings is 1. The minimum atomic E-state index is -0.210. The van der Waals surface area contributed by atoms with E-state index in [1.165, 1.54) is 11.1 Å². The van der Waals surface area contributed by atoms with Crippen LogP contribution in [0.4, 0.5) is 5.82 Å². The van der Waals surface area contributed by atoms with Gasteiger partial charge in [-0.2, -0.15) is 0 Å². The number of benzene rings is 1. The summed E-state index contributed by atoms with van der Waals surface area (Å²) in [6.07, 6.45) is 2.04. The molecule has 7 nitrogen and oxygen atoms in total. The number of aliphatic hydroxyl groups is 1. The van der Waals surface area contributed by atoms with Crippen molar-refractivity contribution in [3.8, 4) is 5.75 Å². The van der Waals surface area contributed by atoms with Gasteiger partial charge in [-0.05, 0) is 55.2 Å². The van der Waals surface area contributed by atoms with Crippen molar-refractivity contribution < 1.29 is 19.4 Å². The summed E-state index contributed by atoms with van der Waals surface area (Å²) >= 11 is 0. The maximum absolute atomic E-state index is 12.9. The first-order chi connectivity index (χ1) is 15.5. The summed E-state index contributed by atoms with van der Waals surface area (Å²) in [5.74, 6) is 1.88. The van der Waals surface area contributed by atoms with Crippen LogP contribution in [0.15, 0.2) is 18.2 Å². The van der Waals surface area contributed by atoms with Crippen LogP contribution >= 0.6 is 0 Å². The van der Waals surface area contributed by atoms with Crippen molar-refractivity contribution in [3.05, 3.63) is 51.7 Å². The molecule has 2 aromatic rings. The van der Waals surface area contributed by atoms with Crippen molar-refractivity contribution in [1.82, 2.24) is 9.88 Å².